The summed E-state index contributed by atoms with van der Waals surface area (Å²) in [4.78, 5) is 14.7. The number of hydrogen-bond donors (Lipinski definition) is 1. The fraction of sp³-hybridized carbons (Fsp3) is 0.0909. The van der Waals surface area contributed by atoms with Crippen molar-refractivity contribution in [2.24, 2.45) is 0 Å². The molecule has 0 saturated heterocycles. The van der Waals surface area contributed by atoms with E-state index in [1.54, 1.807) is 11.4 Å². The van der Waals surface area contributed by atoms with Crippen LogP contribution < -0.4 is 0 Å². The Hall–Kier alpha value is -1.46. The van der Waals surface area contributed by atoms with Gasteiger partial charge in [-0.25, -0.2) is 9.37 Å². The van der Waals surface area contributed by atoms with E-state index in [0.29, 0.717) is 16.3 Å². The summed E-state index contributed by atoms with van der Waals surface area (Å²) in [6.45, 7) is 0. The molecule has 2 aromatic rings. The van der Waals surface area contributed by atoms with Crippen molar-refractivity contribution in [2.45, 2.75) is 6.42 Å². The van der Waals surface area contributed by atoms with Crippen LogP contribution in [0.5, 0.6) is 0 Å². The van der Waals surface area contributed by atoms with E-state index in [-0.39, 0.29) is 11.4 Å². The highest BCUT2D eigenvalue weighted by Crippen LogP contribution is 2.26. The molecular weight excluding hydrogens is 265 g/mol. The van der Waals surface area contributed by atoms with Crippen LogP contribution in [0.25, 0.3) is 11.3 Å². The minimum Gasteiger partial charge on any atom is -0.481 e. The molecule has 1 N–H and O–H groups in total. The van der Waals surface area contributed by atoms with Gasteiger partial charge in [-0.15, -0.1) is 11.3 Å². The van der Waals surface area contributed by atoms with Crippen molar-refractivity contribution in [2.75, 3.05) is 0 Å². The number of carboxylic acid groups (broad SMARTS) is 1. The summed E-state index contributed by atoms with van der Waals surface area (Å²) in [5.74, 6) is -1.42. The molecule has 0 aliphatic rings. The Labute approximate surface area is 106 Å². The lowest BCUT2D eigenvalue weighted by molar-refractivity contribution is -0.136. The lowest BCUT2D eigenvalue weighted by Gasteiger charge is -1.98. The maximum Gasteiger partial charge on any atom is 0.310 e. The van der Waals surface area contributed by atoms with Crippen molar-refractivity contribution in [3.63, 3.8) is 0 Å². The van der Waals surface area contributed by atoms with Gasteiger partial charge in [-0.2, -0.15) is 0 Å². The topological polar surface area (TPSA) is 50.2 Å². The fourth-order valence-electron chi connectivity index (χ4n) is 1.31. The van der Waals surface area contributed by atoms with Crippen LogP contribution in [0.1, 0.15) is 5.01 Å². The fourth-order valence-corrected chi connectivity index (χ4v) is 2.28. The zero-order valence-corrected chi connectivity index (χ0v) is 10.1. The van der Waals surface area contributed by atoms with Crippen molar-refractivity contribution >= 4 is 28.9 Å². The molecule has 3 nitrogen and oxygen atoms in total. The molecule has 17 heavy (non-hydrogen) atoms. The van der Waals surface area contributed by atoms with Crippen molar-refractivity contribution < 1.29 is 14.3 Å². The third-order valence-electron chi connectivity index (χ3n) is 2.07. The van der Waals surface area contributed by atoms with Crippen molar-refractivity contribution in [3.05, 3.63) is 39.4 Å². The predicted molar refractivity (Wildman–Crippen MR) is 63.9 cm³/mol. The Morgan fingerprint density at radius 2 is 2.29 bits per heavy atom. The number of halogens is 2. The largest absolute Gasteiger partial charge is 0.481 e. The van der Waals surface area contributed by atoms with Crippen LogP contribution >= 0.6 is 22.9 Å². The maximum atomic E-state index is 13.0. The van der Waals surface area contributed by atoms with Gasteiger partial charge in [-0.1, -0.05) is 11.6 Å². The van der Waals surface area contributed by atoms with Gasteiger partial charge in [0.2, 0.25) is 0 Å². The number of hydrogen-bond acceptors (Lipinski definition) is 3. The summed E-state index contributed by atoms with van der Waals surface area (Å²) in [6, 6.07) is 4.28. The second-order valence-electron chi connectivity index (χ2n) is 3.33. The van der Waals surface area contributed by atoms with Crippen molar-refractivity contribution in [1.29, 1.82) is 0 Å². The Balaban J connectivity index is 2.30. The van der Waals surface area contributed by atoms with Gasteiger partial charge < -0.3 is 5.11 Å². The maximum absolute atomic E-state index is 13.0. The van der Waals surface area contributed by atoms with E-state index in [0.717, 1.165) is 0 Å². The van der Waals surface area contributed by atoms with Crippen LogP contribution in [0.3, 0.4) is 0 Å². The SMILES string of the molecule is O=C(O)Cc1nc(-c2ccc(F)c(Cl)c2)cs1. The van der Waals surface area contributed by atoms with Gasteiger partial charge in [0.05, 0.1) is 17.1 Å². The number of aromatic nitrogens is 1. The van der Waals surface area contributed by atoms with Gasteiger partial charge in [0, 0.05) is 10.9 Å². The first kappa shape index (κ1) is 12.0. The van der Waals surface area contributed by atoms with E-state index in [2.05, 4.69) is 4.98 Å². The summed E-state index contributed by atoms with van der Waals surface area (Å²) in [6.07, 6.45) is -0.112. The van der Waals surface area contributed by atoms with Gasteiger partial charge in [0.15, 0.2) is 0 Å². The van der Waals surface area contributed by atoms with Gasteiger partial charge in [0.1, 0.15) is 10.8 Å². The summed E-state index contributed by atoms with van der Waals surface area (Å²) in [7, 11) is 0. The average molecular weight is 272 g/mol. The minimum absolute atomic E-state index is 0.0234. The number of carboxylic acids is 1. The van der Waals surface area contributed by atoms with Crippen LogP contribution in [0.2, 0.25) is 5.02 Å². The van der Waals surface area contributed by atoms with E-state index >= 15 is 0 Å². The molecule has 0 fully saturated rings. The normalized spacial score (nSPS) is 10.5. The zero-order chi connectivity index (χ0) is 12.4. The van der Waals surface area contributed by atoms with E-state index in [9.17, 15) is 9.18 Å². The highest BCUT2D eigenvalue weighted by Gasteiger charge is 2.09. The van der Waals surface area contributed by atoms with Gasteiger partial charge in [0.25, 0.3) is 0 Å². The molecule has 0 bridgehead atoms. The molecule has 2 rings (SSSR count). The monoisotopic (exact) mass is 271 g/mol. The lowest BCUT2D eigenvalue weighted by Crippen LogP contribution is -1.99. The molecule has 88 valence electrons. The molecule has 1 aromatic carbocycles. The molecule has 0 amide bonds. The standard InChI is InChI=1S/C11H7ClFNO2S/c12-7-3-6(1-2-8(7)13)9-5-17-10(14-9)4-11(15)16/h1-3,5H,4H2,(H,15,16). The Morgan fingerprint density at radius 3 is 2.94 bits per heavy atom. The predicted octanol–water partition coefficient (Wildman–Crippen LogP) is 3.23. The molecule has 1 aromatic heterocycles. The van der Waals surface area contributed by atoms with Crippen LogP contribution in [-0.2, 0) is 11.2 Å². The molecule has 0 unspecified atom stereocenters. The first-order valence-corrected chi connectivity index (χ1v) is 5.93. The number of thiazole rings is 1. The van der Waals surface area contributed by atoms with Crippen molar-refractivity contribution in [1.82, 2.24) is 4.98 Å². The molecule has 0 atom stereocenters. The molecule has 1 heterocycles. The number of nitrogens with zero attached hydrogens (tertiary/aromatic N) is 1. The summed E-state index contributed by atoms with van der Waals surface area (Å²) < 4.78 is 13.0. The molecule has 0 aliphatic heterocycles. The van der Waals surface area contributed by atoms with Gasteiger partial charge in [-0.05, 0) is 18.2 Å². The van der Waals surface area contributed by atoms with Crippen LogP contribution in [0, 0.1) is 5.82 Å². The first-order chi connectivity index (χ1) is 8.06. The Bertz CT molecular complexity index is 570. The first-order valence-electron chi connectivity index (χ1n) is 4.68. The number of aliphatic carboxylic acids is 1. The van der Waals surface area contributed by atoms with Crippen LogP contribution in [-0.4, -0.2) is 16.1 Å². The summed E-state index contributed by atoms with van der Waals surface area (Å²) in [5, 5.41) is 10.9. The van der Waals surface area contributed by atoms with E-state index in [1.807, 2.05) is 0 Å². The number of benzene rings is 1. The average Bonchev–Trinajstić information content (AvgIpc) is 2.69. The second-order valence-corrected chi connectivity index (χ2v) is 4.68. The van der Waals surface area contributed by atoms with Gasteiger partial charge >= 0.3 is 5.97 Å². The minimum atomic E-state index is -0.928. The quantitative estimate of drug-likeness (QED) is 0.932. The van der Waals surface area contributed by atoms with E-state index in [4.69, 9.17) is 16.7 Å². The second kappa shape index (κ2) is 4.81. The van der Waals surface area contributed by atoms with Crippen LogP contribution in [0.15, 0.2) is 23.6 Å². The highest BCUT2D eigenvalue weighted by atomic mass is 35.5. The summed E-state index contributed by atoms with van der Waals surface area (Å²) >= 11 is 6.92. The molecule has 0 saturated carbocycles. The molecule has 0 spiro atoms. The number of carbonyl (C=O) groups is 1. The third kappa shape index (κ3) is 2.81. The Morgan fingerprint density at radius 1 is 1.53 bits per heavy atom. The smallest absolute Gasteiger partial charge is 0.310 e. The molecular formula is C11H7ClFNO2S. The summed E-state index contributed by atoms with van der Waals surface area (Å²) in [5.41, 5.74) is 1.28. The molecule has 6 heteroatoms. The van der Waals surface area contributed by atoms with E-state index < -0.39 is 11.8 Å². The van der Waals surface area contributed by atoms with Crippen molar-refractivity contribution in [3.8, 4) is 11.3 Å². The number of rotatable bonds is 3. The molecule has 0 radical (unpaired) electrons. The lowest BCUT2D eigenvalue weighted by atomic mass is 10.2. The van der Waals surface area contributed by atoms with Crippen LogP contribution in [0.4, 0.5) is 4.39 Å². The van der Waals surface area contributed by atoms with Gasteiger partial charge in [-0.3, -0.25) is 4.79 Å². The highest BCUT2D eigenvalue weighted by molar-refractivity contribution is 7.10. The molecule has 0 aliphatic carbocycles. The Kier molecular flexibility index (Phi) is 3.40. The third-order valence-corrected chi connectivity index (χ3v) is 3.21. The van der Waals surface area contributed by atoms with E-state index in [1.165, 1.54) is 23.5 Å². The zero-order valence-electron chi connectivity index (χ0n) is 8.48.